The van der Waals surface area contributed by atoms with Crippen LogP contribution in [0, 0.1) is 0 Å². The summed E-state index contributed by atoms with van der Waals surface area (Å²) in [5, 5.41) is 2.43. The zero-order valence-electron chi connectivity index (χ0n) is 16.1. The third-order valence-corrected chi connectivity index (χ3v) is 8.76. The average Bonchev–Trinajstić information content (AvgIpc) is 2.69. The molecule has 0 bridgehead atoms. The molecule has 0 saturated carbocycles. The quantitative estimate of drug-likeness (QED) is 0.538. The van der Waals surface area contributed by atoms with Crippen LogP contribution >= 0.6 is 8.07 Å². The lowest BCUT2D eigenvalue weighted by Gasteiger charge is -2.35. The number of benzene rings is 3. The predicted octanol–water partition coefficient (Wildman–Crippen LogP) is 5.00. The molecule has 0 fully saturated rings. The first kappa shape index (κ1) is 19.9. The van der Waals surface area contributed by atoms with Gasteiger partial charge in [0.05, 0.1) is 4.75 Å². The van der Waals surface area contributed by atoms with Gasteiger partial charge in [-0.05, 0) is 36.9 Å². The average molecular weight is 396 g/mol. The van der Waals surface area contributed by atoms with Crippen molar-refractivity contribution >= 4 is 29.7 Å². The van der Waals surface area contributed by atoms with Crippen LogP contribution in [0.1, 0.15) is 26.3 Å². The molecule has 2 nitrogen and oxygen atoms in total. The molecule has 3 aromatic carbocycles. The Kier molecular flexibility index (Phi) is 6.59. The van der Waals surface area contributed by atoms with Crippen molar-refractivity contribution in [2.75, 3.05) is 0 Å². The zero-order chi connectivity index (χ0) is 19.3. The van der Waals surface area contributed by atoms with E-state index in [1.807, 2.05) is 51.1 Å². The Morgan fingerprint density at radius 3 is 1.56 bits per heavy atom. The minimum absolute atomic E-state index is 0.334. The fourth-order valence-corrected chi connectivity index (χ4v) is 7.62. The van der Waals surface area contributed by atoms with Gasteiger partial charge in [-0.2, -0.15) is 4.08 Å². The van der Waals surface area contributed by atoms with Gasteiger partial charge in [0.1, 0.15) is 11.0 Å². The first-order valence-corrected chi connectivity index (χ1v) is 11.5. The summed E-state index contributed by atoms with van der Waals surface area (Å²) in [7, 11) is -2.05. The third kappa shape index (κ3) is 5.13. The van der Waals surface area contributed by atoms with E-state index in [0.29, 0.717) is 6.54 Å². The minimum atomic E-state index is -1.14. The molecule has 0 aromatic heterocycles. The van der Waals surface area contributed by atoms with Gasteiger partial charge in [0, 0.05) is 14.6 Å². The summed E-state index contributed by atoms with van der Waals surface area (Å²) in [6.07, 6.45) is 0. The molecule has 1 atom stereocenters. The summed E-state index contributed by atoms with van der Waals surface area (Å²) in [5.74, 6) is 0. The lowest BCUT2D eigenvalue weighted by molar-refractivity contribution is 0.585. The van der Waals surface area contributed by atoms with Crippen LogP contribution < -0.4 is 10.6 Å². The highest BCUT2D eigenvalue weighted by Gasteiger charge is 2.33. The molecule has 0 aliphatic carbocycles. The first-order valence-electron chi connectivity index (χ1n) is 9.10. The van der Waals surface area contributed by atoms with E-state index in [-0.39, 0.29) is 4.75 Å². The maximum atomic E-state index is 13.6. The van der Waals surface area contributed by atoms with Crippen LogP contribution in [0.5, 0.6) is 0 Å². The zero-order valence-corrected chi connectivity index (χ0v) is 17.8. The van der Waals surface area contributed by atoms with E-state index in [1.54, 1.807) is 0 Å². The SMILES string of the molecule is CC(C)(C)[S@@](=O)N(Cc1ccccc1)P(c1ccccc1)c1ccccc1. The maximum absolute atomic E-state index is 13.6. The normalized spacial score (nSPS) is 13.1. The number of hydrogen-bond donors (Lipinski definition) is 0. The fourth-order valence-electron chi connectivity index (χ4n) is 2.80. The summed E-state index contributed by atoms with van der Waals surface area (Å²) >= 11 is 0. The summed E-state index contributed by atoms with van der Waals surface area (Å²) in [4.78, 5) is 0. The molecule has 3 rings (SSSR count). The van der Waals surface area contributed by atoms with Crippen LogP contribution in [0.25, 0.3) is 0 Å². The monoisotopic (exact) mass is 395 g/mol. The molecule has 0 heterocycles. The molecule has 0 N–H and O–H groups in total. The number of rotatable bonds is 6. The van der Waals surface area contributed by atoms with Gasteiger partial charge in [0.25, 0.3) is 0 Å². The largest absolute Gasteiger partial charge is 0.242 e. The van der Waals surface area contributed by atoms with Crippen LogP contribution in [0.2, 0.25) is 0 Å². The molecule has 0 amide bonds. The molecular weight excluding hydrogens is 369 g/mol. The summed E-state index contributed by atoms with van der Waals surface area (Å²) in [5.41, 5.74) is 1.18. The van der Waals surface area contributed by atoms with E-state index in [9.17, 15) is 4.21 Å². The Labute approximate surface area is 166 Å². The van der Waals surface area contributed by atoms with Crippen molar-refractivity contribution in [3.8, 4) is 0 Å². The van der Waals surface area contributed by atoms with Gasteiger partial charge in [0.2, 0.25) is 0 Å². The Morgan fingerprint density at radius 1 is 0.741 bits per heavy atom. The minimum Gasteiger partial charge on any atom is -0.242 e. The standard InChI is InChI=1S/C23H26NOPS/c1-23(2,3)27(25)24(19-20-13-7-4-8-14-20)26(21-15-9-5-10-16-21)22-17-11-6-12-18-22/h4-18H,19H2,1-3H3/t27-/m1/s1. The summed E-state index contributed by atoms with van der Waals surface area (Å²) in [6, 6.07) is 31.2. The molecule has 0 radical (unpaired) electrons. The highest BCUT2D eigenvalue weighted by molar-refractivity contribution is 7.93. The van der Waals surface area contributed by atoms with Gasteiger partial charge in [-0.25, -0.2) is 4.21 Å². The summed E-state index contributed by atoms with van der Waals surface area (Å²) < 4.78 is 15.5. The van der Waals surface area contributed by atoms with E-state index < -0.39 is 19.1 Å². The predicted molar refractivity (Wildman–Crippen MR) is 119 cm³/mol. The van der Waals surface area contributed by atoms with Crippen molar-refractivity contribution in [2.45, 2.75) is 32.1 Å². The molecule has 0 saturated heterocycles. The van der Waals surface area contributed by atoms with Crippen molar-refractivity contribution in [2.24, 2.45) is 0 Å². The lowest BCUT2D eigenvalue weighted by Crippen LogP contribution is -2.38. The van der Waals surface area contributed by atoms with Gasteiger partial charge in [-0.1, -0.05) is 91.0 Å². The first-order chi connectivity index (χ1) is 13.0. The Hall–Kier alpha value is -1.80. The molecular formula is C23H26NOPS. The second-order valence-corrected chi connectivity index (χ2v) is 11.9. The fraction of sp³-hybridized carbons (Fsp3) is 0.217. The van der Waals surface area contributed by atoms with Gasteiger partial charge in [-0.15, -0.1) is 0 Å². The highest BCUT2D eigenvalue weighted by atomic mass is 32.2. The van der Waals surface area contributed by atoms with E-state index >= 15 is 0 Å². The van der Waals surface area contributed by atoms with Crippen molar-refractivity contribution < 1.29 is 4.21 Å². The van der Waals surface area contributed by atoms with Crippen molar-refractivity contribution in [1.29, 1.82) is 0 Å². The Morgan fingerprint density at radius 2 is 1.15 bits per heavy atom. The van der Waals surface area contributed by atoms with Crippen LogP contribution in [-0.4, -0.2) is 13.0 Å². The molecule has 27 heavy (non-hydrogen) atoms. The van der Waals surface area contributed by atoms with E-state index in [1.165, 1.54) is 16.2 Å². The number of nitrogens with zero attached hydrogens (tertiary/aromatic N) is 1. The second-order valence-electron chi connectivity index (χ2n) is 7.34. The van der Waals surface area contributed by atoms with E-state index in [2.05, 4.69) is 64.7 Å². The van der Waals surface area contributed by atoms with Crippen molar-refractivity contribution in [1.82, 2.24) is 4.08 Å². The highest BCUT2D eigenvalue weighted by Crippen LogP contribution is 2.43. The van der Waals surface area contributed by atoms with Crippen LogP contribution in [-0.2, 0) is 17.5 Å². The van der Waals surface area contributed by atoms with Gasteiger partial charge >= 0.3 is 0 Å². The van der Waals surface area contributed by atoms with E-state index in [0.717, 1.165) is 0 Å². The van der Waals surface area contributed by atoms with Crippen LogP contribution in [0.15, 0.2) is 91.0 Å². The number of hydrogen-bond acceptors (Lipinski definition) is 1. The van der Waals surface area contributed by atoms with Gasteiger partial charge in [0.15, 0.2) is 0 Å². The van der Waals surface area contributed by atoms with Crippen LogP contribution in [0.4, 0.5) is 0 Å². The second kappa shape index (κ2) is 8.93. The van der Waals surface area contributed by atoms with Crippen molar-refractivity contribution in [3.05, 3.63) is 96.6 Å². The maximum Gasteiger partial charge on any atom is 0.104 e. The topological polar surface area (TPSA) is 20.3 Å². The lowest BCUT2D eigenvalue weighted by atomic mass is 10.2. The Bertz CT molecular complexity index is 824. The summed E-state index contributed by atoms with van der Waals surface area (Å²) in [6.45, 7) is 6.79. The Balaban J connectivity index is 2.11. The molecule has 140 valence electrons. The molecule has 0 unspecified atom stereocenters. The van der Waals surface area contributed by atoms with E-state index in [4.69, 9.17) is 0 Å². The smallest absolute Gasteiger partial charge is 0.104 e. The van der Waals surface area contributed by atoms with Gasteiger partial charge < -0.3 is 0 Å². The third-order valence-electron chi connectivity index (χ3n) is 4.10. The molecule has 0 aliphatic rings. The molecule has 0 aliphatic heterocycles. The molecule has 4 heteroatoms. The van der Waals surface area contributed by atoms with Crippen LogP contribution in [0.3, 0.4) is 0 Å². The van der Waals surface area contributed by atoms with Crippen molar-refractivity contribution in [3.63, 3.8) is 0 Å². The molecule has 3 aromatic rings. The van der Waals surface area contributed by atoms with Gasteiger partial charge in [-0.3, -0.25) is 0 Å². The molecule has 0 spiro atoms.